The van der Waals surface area contributed by atoms with Crippen LogP contribution in [0, 0.1) is 12.3 Å². The fourth-order valence-corrected chi connectivity index (χ4v) is 6.33. The van der Waals surface area contributed by atoms with E-state index in [1.54, 1.807) is 21.8 Å². The van der Waals surface area contributed by atoms with Gasteiger partial charge in [-0.3, -0.25) is 4.79 Å². The quantitative estimate of drug-likeness (QED) is 0.349. The number of aromatic nitrogens is 1. The molecule has 0 spiro atoms. The maximum absolute atomic E-state index is 8.36. The zero-order chi connectivity index (χ0) is 21.7. The summed E-state index contributed by atoms with van der Waals surface area (Å²) in [5, 5.41) is 10.0. The van der Waals surface area contributed by atoms with E-state index >= 15 is 0 Å². The van der Waals surface area contributed by atoms with E-state index in [0.717, 1.165) is 18.1 Å². The number of carboxylic acid groups (broad SMARTS) is 1. The zero-order valence-corrected chi connectivity index (χ0v) is 20.1. The number of rotatable bonds is 5. The van der Waals surface area contributed by atoms with E-state index in [1.165, 1.54) is 40.8 Å². The molecule has 0 unspecified atom stereocenters. The maximum atomic E-state index is 8.36. The van der Waals surface area contributed by atoms with Gasteiger partial charge < -0.3 is 5.11 Å². The number of nitrogens with zero attached hydrogens (tertiary/aromatic N) is 2. The van der Waals surface area contributed by atoms with E-state index in [2.05, 4.69) is 54.3 Å². The Morgan fingerprint density at radius 3 is 2.73 bits per heavy atom. The van der Waals surface area contributed by atoms with Crippen LogP contribution < -0.4 is 0 Å². The summed E-state index contributed by atoms with van der Waals surface area (Å²) in [5.41, 5.74) is 6.22. The lowest BCUT2D eigenvalue weighted by Crippen LogP contribution is -2.21. The van der Waals surface area contributed by atoms with Gasteiger partial charge >= 0.3 is 0 Å². The second-order valence-electron chi connectivity index (χ2n) is 8.31. The Morgan fingerprint density at radius 1 is 1.30 bits per heavy atom. The number of carbonyl (C=O) groups is 1. The molecule has 30 heavy (non-hydrogen) atoms. The van der Waals surface area contributed by atoms with Crippen molar-refractivity contribution in [3.8, 4) is 10.4 Å². The molecule has 0 radical (unpaired) electrons. The molecule has 0 amide bonds. The van der Waals surface area contributed by atoms with Crippen molar-refractivity contribution in [1.29, 1.82) is 0 Å². The topological polar surface area (TPSA) is 53.4 Å². The summed E-state index contributed by atoms with van der Waals surface area (Å²) in [7, 11) is 0. The molecular weight excluding hydrogens is 432 g/mol. The number of aryl methyl sites for hydroxylation is 1. The second-order valence-corrected chi connectivity index (χ2v) is 11.0. The Morgan fingerprint density at radius 2 is 2.03 bits per heavy atom. The highest BCUT2D eigenvalue weighted by molar-refractivity contribution is 7.77. The summed E-state index contributed by atoms with van der Waals surface area (Å²) >= 11 is 8.40. The molecule has 0 saturated carbocycles. The summed E-state index contributed by atoms with van der Waals surface area (Å²) in [5.74, 6) is 0. The minimum Gasteiger partial charge on any atom is -0.483 e. The van der Waals surface area contributed by atoms with Gasteiger partial charge in [0.05, 0.1) is 6.54 Å². The van der Waals surface area contributed by atoms with Gasteiger partial charge in [-0.15, -0.1) is 22.7 Å². The van der Waals surface area contributed by atoms with E-state index in [1.807, 2.05) is 22.9 Å². The highest BCUT2D eigenvalue weighted by Crippen LogP contribution is 2.45. The smallest absolute Gasteiger partial charge is 0.290 e. The minimum absolute atomic E-state index is 0.250. The third-order valence-corrected chi connectivity index (χ3v) is 7.93. The predicted molar refractivity (Wildman–Crippen MR) is 129 cm³/mol. The molecule has 0 bridgehead atoms. The highest BCUT2D eigenvalue weighted by atomic mass is 32.1. The van der Waals surface area contributed by atoms with Crippen molar-refractivity contribution < 1.29 is 9.90 Å². The monoisotopic (exact) mass is 460 g/mol. The van der Waals surface area contributed by atoms with E-state index in [9.17, 15) is 0 Å². The van der Waals surface area contributed by atoms with Gasteiger partial charge in [0.15, 0.2) is 0 Å². The lowest BCUT2D eigenvalue weighted by Gasteiger charge is -2.29. The third kappa shape index (κ3) is 5.52. The molecule has 4 nitrogen and oxygen atoms in total. The van der Waals surface area contributed by atoms with E-state index in [0.29, 0.717) is 5.41 Å². The van der Waals surface area contributed by atoms with Crippen molar-refractivity contribution in [2.75, 3.05) is 0 Å². The van der Waals surface area contributed by atoms with Crippen LogP contribution in [0.1, 0.15) is 46.8 Å². The number of thiazole rings is 1. The molecule has 1 aromatic carbocycles. The summed E-state index contributed by atoms with van der Waals surface area (Å²) < 4.78 is 2.06. The zero-order valence-electron chi connectivity index (χ0n) is 17.6. The first-order valence-electron chi connectivity index (χ1n) is 9.94. The predicted octanol–water partition coefficient (Wildman–Crippen LogP) is 6.24. The summed E-state index contributed by atoms with van der Waals surface area (Å²) in [6.45, 7) is 8.45. The molecule has 0 atom stereocenters. The average Bonchev–Trinajstić information content (AvgIpc) is 3.30. The Balaban J connectivity index is 0.000000806. The third-order valence-electron chi connectivity index (χ3n) is 5.46. The largest absolute Gasteiger partial charge is 0.483 e. The van der Waals surface area contributed by atoms with Gasteiger partial charge in [-0.05, 0) is 53.9 Å². The Bertz CT molecular complexity index is 981. The van der Waals surface area contributed by atoms with Crippen LogP contribution in [0.5, 0.6) is 0 Å². The van der Waals surface area contributed by atoms with Gasteiger partial charge in [0, 0.05) is 27.9 Å². The number of fused-ring (bicyclic) bond motifs is 1. The molecule has 0 fully saturated rings. The fraction of sp³-hybridized carbons (Fsp3) is 0.391. The first-order chi connectivity index (χ1) is 14.3. The first kappa shape index (κ1) is 23.0. The molecule has 1 aliphatic carbocycles. The number of hydrogen-bond acceptors (Lipinski definition) is 6. The van der Waals surface area contributed by atoms with Gasteiger partial charge in [-0.2, -0.15) is 0 Å². The van der Waals surface area contributed by atoms with Crippen LogP contribution in [-0.4, -0.2) is 20.9 Å². The van der Waals surface area contributed by atoms with Gasteiger partial charge in [0.25, 0.3) is 6.47 Å². The molecule has 0 saturated heterocycles. The minimum atomic E-state index is -0.250. The lowest BCUT2D eigenvalue weighted by atomic mass is 9.76. The number of benzene rings is 1. The normalized spacial score (nSPS) is 14.7. The average molecular weight is 461 g/mol. The van der Waals surface area contributed by atoms with Crippen LogP contribution in [0.2, 0.25) is 0 Å². The SMILES string of the molecule is Cc1c(-c2ccccc2CN(S)Cc2nccs2)sc2c1CC(C)(C)CC2.O=CO. The number of hydrogen-bond donors (Lipinski definition) is 2. The summed E-state index contributed by atoms with van der Waals surface area (Å²) in [6, 6.07) is 8.80. The molecular formula is C23H28N2O2S3. The molecule has 4 rings (SSSR count). The van der Waals surface area contributed by atoms with Crippen molar-refractivity contribution in [3.63, 3.8) is 0 Å². The standard InChI is InChI=1S/C22H26N2S3.CH2O2/c1-15-18-12-22(2,3)9-8-19(18)27-21(15)17-7-5-4-6-16(17)13-24(25)14-20-23-10-11-26-20;2-1-3/h4-7,10-11,25H,8-9,12-14H2,1-3H3;1H,(H,2,3). The number of thiol groups is 1. The van der Waals surface area contributed by atoms with Crippen LogP contribution in [0.15, 0.2) is 35.8 Å². The van der Waals surface area contributed by atoms with Crippen molar-refractivity contribution in [2.45, 2.75) is 53.1 Å². The molecule has 0 aliphatic heterocycles. The van der Waals surface area contributed by atoms with Crippen molar-refractivity contribution >= 4 is 42.0 Å². The van der Waals surface area contributed by atoms with Gasteiger partial charge in [0.2, 0.25) is 0 Å². The molecule has 2 heterocycles. The molecule has 1 N–H and O–H groups in total. The Labute approximate surface area is 192 Å². The van der Waals surface area contributed by atoms with Gasteiger partial charge in [-0.25, -0.2) is 9.29 Å². The highest BCUT2D eigenvalue weighted by Gasteiger charge is 2.29. The van der Waals surface area contributed by atoms with Crippen LogP contribution in [-0.2, 0) is 30.7 Å². The summed E-state index contributed by atoms with van der Waals surface area (Å²) in [4.78, 5) is 15.8. The maximum Gasteiger partial charge on any atom is 0.290 e. The molecule has 1 aliphatic rings. The molecule has 3 aromatic rings. The van der Waals surface area contributed by atoms with Crippen LogP contribution in [0.25, 0.3) is 10.4 Å². The molecule has 160 valence electrons. The van der Waals surface area contributed by atoms with Gasteiger partial charge in [0.1, 0.15) is 5.01 Å². The lowest BCUT2D eigenvalue weighted by molar-refractivity contribution is -0.122. The van der Waals surface area contributed by atoms with Crippen molar-refractivity contribution in [2.24, 2.45) is 5.41 Å². The second kappa shape index (κ2) is 10.1. The van der Waals surface area contributed by atoms with Crippen LogP contribution >= 0.6 is 35.5 Å². The van der Waals surface area contributed by atoms with E-state index in [-0.39, 0.29) is 6.47 Å². The Kier molecular flexibility index (Phi) is 7.74. The number of thiophene rings is 1. The Hall–Kier alpha value is -1.67. The molecule has 7 heteroatoms. The van der Waals surface area contributed by atoms with Gasteiger partial charge in [-0.1, -0.05) is 50.9 Å². The summed E-state index contributed by atoms with van der Waals surface area (Å²) in [6.07, 6.45) is 5.57. The first-order valence-corrected chi connectivity index (χ1v) is 12.0. The molecule has 2 aromatic heterocycles. The van der Waals surface area contributed by atoms with E-state index < -0.39 is 0 Å². The van der Waals surface area contributed by atoms with Crippen molar-refractivity contribution in [3.05, 3.63) is 62.4 Å². The van der Waals surface area contributed by atoms with E-state index in [4.69, 9.17) is 22.7 Å². The van der Waals surface area contributed by atoms with Crippen LogP contribution in [0.4, 0.5) is 0 Å². The van der Waals surface area contributed by atoms with Crippen LogP contribution in [0.3, 0.4) is 0 Å². The fourth-order valence-electron chi connectivity index (χ4n) is 3.94. The van der Waals surface area contributed by atoms with Crippen molar-refractivity contribution in [1.82, 2.24) is 9.29 Å².